The number of piperidine rings is 1. The minimum Gasteiger partial charge on any atom is -0.439 e. The number of imide groups is 1. The number of rotatable bonds is 3. The average molecular weight is 475 g/mol. The highest BCUT2D eigenvalue weighted by molar-refractivity contribution is 6.67. The number of halogens is 2. The van der Waals surface area contributed by atoms with Crippen LogP contribution in [0, 0.1) is 0 Å². The van der Waals surface area contributed by atoms with E-state index in [1.54, 1.807) is 29.7 Å². The number of amides is 4. The van der Waals surface area contributed by atoms with Crippen molar-refractivity contribution in [2.24, 2.45) is 10.9 Å². The highest BCUT2D eigenvalue weighted by atomic mass is 35.5. The molecule has 4 rings (SSSR count). The Morgan fingerprint density at radius 3 is 2.56 bits per heavy atom. The second-order valence-corrected chi connectivity index (χ2v) is 7.28. The number of hydrazine groups is 1. The molecule has 3 aromatic rings. The van der Waals surface area contributed by atoms with Crippen molar-refractivity contribution < 1.29 is 23.6 Å². The lowest BCUT2D eigenvalue weighted by Gasteiger charge is -2.29. The minimum atomic E-state index is -1.61. The molecule has 32 heavy (non-hydrogen) atoms. The molecule has 1 saturated heterocycles. The van der Waals surface area contributed by atoms with E-state index in [9.17, 15) is 19.2 Å². The van der Waals surface area contributed by atoms with E-state index in [4.69, 9.17) is 33.5 Å². The molecule has 0 spiro atoms. The van der Waals surface area contributed by atoms with Crippen LogP contribution in [0.4, 0.5) is 10.5 Å². The maximum absolute atomic E-state index is 13.3. The molecule has 2 aromatic carbocycles. The van der Waals surface area contributed by atoms with E-state index < -0.39 is 35.3 Å². The molecule has 1 aliphatic heterocycles. The van der Waals surface area contributed by atoms with Gasteiger partial charge in [-0.3, -0.25) is 19.8 Å². The van der Waals surface area contributed by atoms with E-state index >= 15 is 0 Å². The zero-order valence-corrected chi connectivity index (χ0v) is 17.3. The highest BCUT2D eigenvalue weighted by Crippen LogP contribution is 2.34. The van der Waals surface area contributed by atoms with Gasteiger partial charge in [0, 0.05) is 5.02 Å². The van der Waals surface area contributed by atoms with Crippen molar-refractivity contribution in [2.45, 2.75) is 5.92 Å². The summed E-state index contributed by atoms with van der Waals surface area (Å²) in [7, 11) is 0. The van der Waals surface area contributed by atoms with Gasteiger partial charge in [0.25, 0.3) is 5.91 Å². The third kappa shape index (κ3) is 3.68. The number of benzene rings is 2. The van der Waals surface area contributed by atoms with Crippen LogP contribution in [0.15, 0.2) is 52.0 Å². The summed E-state index contributed by atoms with van der Waals surface area (Å²) in [5.74, 6) is -0.123. The molecule has 11 nitrogen and oxygen atoms in total. The predicted molar refractivity (Wildman–Crippen MR) is 114 cm³/mol. The quantitative estimate of drug-likeness (QED) is 0.171. The fourth-order valence-corrected chi connectivity index (χ4v) is 3.56. The van der Waals surface area contributed by atoms with E-state index in [-0.39, 0.29) is 21.6 Å². The number of aromatic nitrogens is 1. The van der Waals surface area contributed by atoms with Crippen molar-refractivity contribution in [1.29, 1.82) is 0 Å². The van der Waals surface area contributed by atoms with Gasteiger partial charge in [0.2, 0.25) is 11.7 Å². The van der Waals surface area contributed by atoms with Crippen LogP contribution in [0.1, 0.15) is 11.8 Å². The van der Waals surface area contributed by atoms with E-state index in [1.807, 2.05) is 5.43 Å². The zero-order chi connectivity index (χ0) is 23.0. The fourth-order valence-electron chi connectivity index (χ4n) is 3.07. The third-order valence-corrected chi connectivity index (χ3v) is 5.03. The smallest absolute Gasteiger partial charge is 0.349 e. The minimum absolute atomic E-state index is 0.0562. The van der Waals surface area contributed by atoms with Gasteiger partial charge < -0.3 is 4.42 Å². The summed E-state index contributed by atoms with van der Waals surface area (Å²) in [5.41, 5.74) is 3.84. The van der Waals surface area contributed by atoms with Gasteiger partial charge in [-0.15, -0.1) is 0 Å². The fraction of sp³-hybridized carbons (Fsp3) is 0.0526. The monoisotopic (exact) mass is 474 g/mol. The van der Waals surface area contributed by atoms with Crippen molar-refractivity contribution in [2.75, 3.05) is 4.90 Å². The summed E-state index contributed by atoms with van der Waals surface area (Å²) in [5, 5.41) is 3.91. The van der Waals surface area contributed by atoms with Crippen LogP contribution in [0.5, 0.6) is 0 Å². The highest BCUT2D eigenvalue weighted by Gasteiger charge is 2.50. The number of oxazole rings is 1. The van der Waals surface area contributed by atoms with Gasteiger partial charge in [0.1, 0.15) is 11.2 Å². The number of ketones is 1. The molecule has 1 aromatic heterocycles. The van der Waals surface area contributed by atoms with E-state index in [0.29, 0.717) is 16.0 Å². The Bertz CT molecular complexity index is 1290. The topological polar surface area (TPSA) is 160 Å². The predicted octanol–water partition coefficient (Wildman–Crippen LogP) is 1.89. The largest absolute Gasteiger partial charge is 0.439 e. The number of carbonyl (C=O) groups excluding carboxylic acids is 4. The van der Waals surface area contributed by atoms with Crippen LogP contribution in [0.2, 0.25) is 10.0 Å². The molecule has 4 amide bonds. The van der Waals surface area contributed by atoms with E-state index in [1.165, 1.54) is 18.2 Å². The first kappa shape index (κ1) is 21.4. The number of para-hydroxylation sites is 2. The molecule has 0 bridgehead atoms. The molecule has 1 aliphatic rings. The SMILES string of the molecule is NNC(=O)N/N=C1\C(=O)N(c2ccc(Cl)cc2Cl)C(=O)C(=O)[C@H]1c1nc2ccccc2o1. The molecule has 0 radical (unpaired) electrons. The maximum Gasteiger partial charge on any atom is 0.349 e. The Morgan fingerprint density at radius 1 is 1.12 bits per heavy atom. The first-order valence-electron chi connectivity index (χ1n) is 8.89. The second kappa shape index (κ2) is 8.38. The third-order valence-electron chi connectivity index (χ3n) is 4.49. The first-order chi connectivity index (χ1) is 15.3. The summed E-state index contributed by atoms with van der Waals surface area (Å²) < 4.78 is 5.59. The molecule has 2 heterocycles. The van der Waals surface area contributed by atoms with Crippen LogP contribution >= 0.6 is 23.2 Å². The van der Waals surface area contributed by atoms with Gasteiger partial charge in [-0.2, -0.15) is 5.10 Å². The molecule has 4 N–H and O–H groups in total. The second-order valence-electron chi connectivity index (χ2n) is 6.44. The Morgan fingerprint density at radius 2 is 1.88 bits per heavy atom. The van der Waals surface area contributed by atoms with Crippen molar-refractivity contribution in [3.05, 3.63) is 58.4 Å². The van der Waals surface area contributed by atoms with Gasteiger partial charge in [-0.25, -0.2) is 25.9 Å². The number of hydrogen-bond donors (Lipinski definition) is 3. The number of fused-ring (bicyclic) bond motifs is 1. The number of nitrogens with zero attached hydrogens (tertiary/aromatic N) is 3. The van der Waals surface area contributed by atoms with Crippen LogP contribution in [-0.2, 0) is 14.4 Å². The summed E-state index contributed by atoms with van der Waals surface area (Å²) >= 11 is 12.0. The maximum atomic E-state index is 13.3. The number of Topliss-reactive ketones (excluding diaryl/α,β-unsaturated/α-hetero) is 1. The standard InChI is InChI=1S/C19H12Cl2N6O5/c20-8-5-6-11(9(21)7-8)27-17(29)14(25-26-19(31)24-22)13(15(28)18(27)30)16-23-10-3-1-2-4-12(10)32-16/h1-7,13H,22H2,(H2,24,26,31)/b25-14-/t13-/m0/s1. The van der Waals surface area contributed by atoms with Gasteiger partial charge in [-0.1, -0.05) is 35.3 Å². The molecular formula is C19H12Cl2N6O5. The number of nitrogens with one attached hydrogen (secondary N) is 2. The zero-order valence-electron chi connectivity index (χ0n) is 15.8. The van der Waals surface area contributed by atoms with Crippen molar-refractivity contribution in [1.82, 2.24) is 15.8 Å². The van der Waals surface area contributed by atoms with Gasteiger partial charge >= 0.3 is 11.9 Å². The van der Waals surface area contributed by atoms with Crippen LogP contribution in [0.25, 0.3) is 11.1 Å². The Labute approximate surface area is 189 Å². The van der Waals surface area contributed by atoms with Crippen LogP contribution in [0.3, 0.4) is 0 Å². The number of carbonyl (C=O) groups is 4. The number of hydrogen-bond acceptors (Lipinski definition) is 8. The Kier molecular flexibility index (Phi) is 5.61. The molecule has 0 unspecified atom stereocenters. The van der Waals surface area contributed by atoms with Crippen molar-refractivity contribution in [3.8, 4) is 0 Å². The number of nitrogens with two attached hydrogens (primary N) is 1. The van der Waals surface area contributed by atoms with E-state index in [0.717, 1.165) is 0 Å². The Hall–Kier alpha value is -3.80. The molecule has 1 fully saturated rings. The van der Waals surface area contributed by atoms with Gasteiger partial charge in [0.15, 0.2) is 11.5 Å². The van der Waals surface area contributed by atoms with Crippen LogP contribution < -0.4 is 21.6 Å². The van der Waals surface area contributed by atoms with Gasteiger partial charge in [-0.05, 0) is 30.3 Å². The summed E-state index contributed by atoms with van der Waals surface area (Å²) in [4.78, 5) is 55.6. The molecule has 0 saturated carbocycles. The van der Waals surface area contributed by atoms with Crippen LogP contribution in [-0.4, -0.2) is 34.3 Å². The summed E-state index contributed by atoms with van der Waals surface area (Å²) in [6, 6.07) is 9.61. The number of anilines is 1. The molecular weight excluding hydrogens is 463 g/mol. The lowest BCUT2D eigenvalue weighted by atomic mass is 9.91. The number of urea groups is 1. The molecule has 13 heteroatoms. The van der Waals surface area contributed by atoms with Crippen molar-refractivity contribution in [3.63, 3.8) is 0 Å². The lowest BCUT2D eigenvalue weighted by Crippen LogP contribution is -2.55. The molecule has 1 atom stereocenters. The summed E-state index contributed by atoms with van der Waals surface area (Å²) in [6.07, 6.45) is 0. The average Bonchev–Trinajstić information content (AvgIpc) is 3.20. The molecule has 162 valence electrons. The first-order valence-corrected chi connectivity index (χ1v) is 9.64. The molecule has 0 aliphatic carbocycles. The Balaban J connectivity index is 1.85. The van der Waals surface area contributed by atoms with Crippen molar-refractivity contribution >= 4 is 69.3 Å². The summed E-state index contributed by atoms with van der Waals surface area (Å²) in [6.45, 7) is 0. The van der Waals surface area contributed by atoms with Gasteiger partial charge in [0.05, 0.1) is 10.7 Å². The lowest BCUT2D eigenvalue weighted by molar-refractivity contribution is -0.139. The van der Waals surface area contributed by atoms with E-state index in [2.05, 4.69) is 10.1 Å². The normalized spacial score (nSPS) is 17.8. The number of hydrazone groups is 1.